The van der Waals surface area contributed by atoms with Crippen LogP contribution in [0.2, 0.25) is 0 Å². The van der Waals surface area contributed by atoms with E-state index in [1.807, 2.05) is 0 Å². The Morgan fingerprint density at radius 2 is 2.00 bits per heavy atom. The Kier molecular flexibility index (Phi) is 6.68. The van der Waals surface area contributed by atoms with Crippen LogP contribution in [0.25, 0.3) is 0 Å². The van der Waals surface area contributed by atoms with Crippen molar-refractivity contribution in [3.05, 3.63) is 35.4 Å². The maximum Gasteiger partial charge on any atom is 0.0896 e. The Morgan fingerprint density at radius 1 is 1.24 bits per heavy atom. The van der Waals surface area contributed by atoms with E-state index in [0.29, 0.717) is 6.04 Å². The monoisotopic (exact) mass is 290 g/mol. The molecule has 2 atom stereocenters. The molecule has 0 radical (unpaired) electrons. The first-order chi connectivity index (χ1) is 10.2. The number of nitrogens with one attached hydrogen (secondary N) is 1. The van der Waals surface area contributed by atoms with E-state index < -0.39 is 0 Å². The van der Waals surface area contributed by atoms with Gasteiger partial charge in [0.05, 0.1) is 18.8 Å². The van der Waals surface area contributed by atoms with E-state index in [1.165, 1.54) is 17.5 Å². The van der Waals surface area contributed by atoms with E-state index in [-0.39, 0.29) is 6.10 Å². The van der Waals surface area contributed by atoms with Crippen molar-refractivity contribution in [2.75, 3.05) is 33.3 Å². The number of likely N-dealkylation sites (N-methyl/N-ethyl adjacent to an activating group) is 1. The average molecular weight is 290 g/mol. The average Bonchev–Trinajstić information content (AvgIpc) is 2.50. The maximum atomic E-state index is 6.04. The third kappa shape index (κ3) is 4.80. The van der Waals surface area contributed by atoms with Crippen molar-refractivity contribution in [1.82, 2.24) is 10.2 Å². The summed E-state index contributed by atoms with van der Waals surface area (Å²) in [5.74, 6) is 0. The van der Waals surface area contributed by atoms with Gasteiger partial charge >= 0.3 is 0 Å². The number of benzene rings is 1. The van der Waals surface area contributed by atoms with Crippen LogP contribution in [0.15, 0.2) is 24.3 Å². The summed E-state index contributed by atoms with van der Waals surface area (Å²) in [6, 6.07) is 9.38. The second-order valence-corrected chi connectivity index (χ2v) is 6.09. The fourth-order valence-electron chi connectivity index (χ4n) is 2.96. The fraction of sp³-hybridized carbons (Fsp3) is 0.667. The van der Waals surface area contributed by atoms with E-state index in [0.717, 1.165) is 39.1 Å². The third-order valence-electron chi connectivity index (χ3n) is 4.16. The van der Waals surface area contributed by atoms with Crippen molar-refractivity contribution in [3.63, 3.8) is 0 Å². The van der Waals surface area contributed by atoms with Gasteiger partial charge in [0.1, 0.15) is 0 Å². The Labute approximate surface area is 129 Å². The highest BCUT2D eigenvalue weighted by Crippen LogP contribution is 2.23. The van der Waals surface area contributed by atoms with Crippen LogP contribution in [0.4, 0.5) is 0 Å². The summed E-state index contributed by atoms with van der Waals surface area (Å²) in [6.07, 6.45) is 3.75. The smallest absolute Gasteiger partial charge is 0.0896 e. The molecule has 0 aromatic heterocycles. The molecule has 2 rings (SSSR count). The highest BCUT2D eigenvalue weighted by molar-refractivity contribution is 5.26. The minimum atomic E-state index is 0.243. The quantitative estimate of drug-likeness (QED) is 0.835. The normalized spacial score (nSPS) is 21.4. The van der Waals surface area contributed by atoms with Crippen LogP contribution in [0.1, 0.15) is 43.9 Å². The molecule has 0 saturated carbocycles. The molecule has 118 valence electrons. The van der Waals surface area contributed by atoms with Crippen molar-refractivity contribution < 1.29 is 4.74 Å². The minimum Gasteiger partial charge on any atom is -0.374 e. The SMILES string of the molecule is CCCNC(c1ccc(CCC)cc1)C1CN(C)CCO1. The van der Waals surface area contributed by atoms with Gasteiger partial charge in [-0.1, -0.05) is 44.5 Å². The molecule has 0 spiro atoms. The largest absolute Gasteiger partial charge is 0.374 e. The summed E-state index contributed by atoms with van der Waals surface area (Å²) >= 11 is 0. The van der Waals surface area contributed by atoms with Gasteiger partial charge in [-0.15, -0.1) is 0 Å². The van der Waals surface area contributed by atoms with Crippen LogP contribution in [0, 0.1) is 0 Å². The molecule has 3 heteroatoms. The van der Waals surface area contributed by atoms with E-state index in [9.17, 15) is 0 Å². The van der Waals surface area contributed by atoms with Gasteiger partial charge in [0.25, 0.3) is 0 Å². The van der Waals surface area contributed by atoms with Crippen molar-refractivity contribution >= 4 is 0 Å². The van der Waals surface area contributed by atoms with Gasteiger partial charge in [0.2, 0.25) is 0 Å². The van der Waals surface area contributed by atoms with Gasteiger partial charge < -0.3 is 15.0 Å². The second kappa shape index (κ2) is 8.52. The summed E-state index contributed by atoms with van der Waals surface area (Å²) in [4.78, 5) is 2.36. The molecule has 21 heavy (non-hydrogen) atoms. The topological polar surface area (TPSA) is 24.5 Å². The van der Waals surface area contributed by atoms with E-state index in [4.69, 9.17) is 4.74 Å². The van der Waals surface area contributed by atoms with Gasteiger partial charge in [-0.25, -0.2) is 0 Å². The Morgan fingerprint density at radius 3 is 2.62 bits per heavy atom. The molecular weight excluding hydrogens is 260 g/mol. The summed E-state index contributed by atoms with van der Waals surface area (Å²) in [5, 5.41) is 3.68. The summed E-state index contributed by atoms with van der Waals surface area (Å²) < 4.78 is 6.04. The fourth-order valence-corrected chi connectivity index (χ4v) is 2.96. The molecule has 2 unspecified atom stereocenters. The van der Waals surface area contributed by atoms with Crippen molar-refractivity contribution in [3.8, 4) is 0 Å². The Balaban J connectivity index is 2.10. The molecule has 0 amide bonds. The summed E-state index contributed by atoms with van der Waals surface area (Å²) in [5.41, 5.74) is 2.78. The molecule has 1 fully saturated rings. The minimum absolute atomic E-state index is 0.243. The zero-order valence-corrected chi connectivity index (χ0v) is 13.8. The van der Waals surface area contributed by atoms with Crippen LogP contribution < -0.4 is 5.32 Å². The summed E-state index contributed by atoms with van der Waals surface area (Å²) in [6.45, 7) is 8.34. The van der Waals surface area contributed by atoms with Crippen molar-refractivity contribution in [2.45, 2.75) is 45.3 Å². The molecule has 1 aromatic rings. The van der Waals surface area contributed by atoms with Gasteiger partial charge in [0.15, 0.2) is 0 Å². The van der Waals surface area contributed by atoms with Gasteiger partial charge in [-0.2, -0.15) is 0 Å². The predicted molar refractivity (Wildman–Crippen MR) is 88.7 cm³/mol. The molecule has 3 nitrogen and oxygen atoms in total. The molecule has 1 aliphatic heterocycles. The molecule has 0 bridgehead atoms. The molecule has 1 saturated heterocycles. The van der Waals surface area contributed by atoms with Gasteiger partial charge in [-0.3, -0.25) is 0 Å². The van der Waals surface area contributed by atoms with Crippen molar-refractivity contribution in [2.24, 2.45) is 0 Å². The molecule has 1 heterocycles. The summed E-state index contributed by atoms with van der Waals surface area (Å²) in [7, 11) is 2.18. The molecular formula is C18H30N2O. The van der Waals surface area contributed by atoms with Crippen molar-refractivity contribution in [1.29, 1.82) is 0 Å². The number of rotatable bonds is 7. The van der Waals surface area contributed by atoms with Gasteiger partial charge in [0, 0.05) is 13.1 Å². The Hall–Kier alpha value is -0.900. The lowest BCUT2D eigenvalue weighted by molar-refractivity contribution is -0.0392. The third-order valence-corrected chi connectivity index (χ3v) is 4.16. The lowest BCUT2D eigenvalue weighted by atomic mass is 9.97. The number of hydrogen-bond acceptors (Lipinski definition) is 3. The first-order valence-corrected chi connectivity index (χ1v) is 8.37. The number of aryl methyl sites for hydroxylation is 1. The highest BCUT2D eigenvalue weighted by Gasteiger charge is 2.27. The molecule has 0 aliphatic carbocycles. The Bertz CT molecular complexity index is 404. The van der Waals surface area contributed by atoms with Gasteiger partial charge in [-0.05, 0) is 37.6 Å². The zero-order valence-electron chi connectivity index (χ0n) is 13.8. The molecule has 1 aliphatic rings. The lowest BCUT2D eigenvalue weighted by Gasteiger charge is -2.36. The van der Waals surface area contributed by atoms with Crippen LogP contribution in [-0.4, -0.2) is 44.3 Å². The van der Waals surface area contributed by atoms with Crippen LogP contribution >= 0.6 is 0 Å². The zero-order chi connectivity index (χ0) is 15.1. The number of ether oxygens (including phenoxy) is 1. The predicted octanol–water partition coefficient (Wildman–Crippen LogP) is 3.01. The lowest BCUT2D eigenvalue weighted by Crippen LogP contribution is -2.46. The maximum absolute atomic E-state index is 6.04. The van der Waals surface area contributed by atoms with E-state index in [2.05, 4.69) is 55.4 Å². The molecule has 1 aromatic carbocycles. The number of hydrogen-bond donors (Lipinski definition) is 1. The highest BCUT2D eigenvalue weighted by atomic mass is 16.5. The van der Waals surface area contributed by atoms with Crippen LogP contribution in [0.3, 0.4) is 0 Å². The van der Waals surface area contributed by atoms with E-state index in [1.54, 1.807) is 0 Å². The molecule has 1 N–H and O–H groups in total. The van der Waals surface area contributed by atoms with E-state index >= 15 is 0 Å². The first-order valence-electron chi connectivity index (χ1n) is 8.37. The second-order valence-electron chi connectivity index (χ2n) is 6.09. The number of morpholine rings is 1. The number of nitrogens with zero attached hydrogens (tertiary/aromatic N) is 1. The first kappa shape index (κ1) is 16.5. The standard InChI is InChI=1S/C18H30N2O/c1-4-6-15-7-9-16(10-8-15)18(19-11-5-2)17-14-20(3)12-13-21-17/h7-10,17-19H,4-6,11-14H2,1-3H3. The van der Waals surface area contributed by atoms with Crippen LogP contribution in [0.5, 0.6) is 0 Å². The van der Waals surface area contributed by atoms with Crippen LogP contribution in [-0.2, 0) is 11.2 Å².